The molecule has 0 bridgehead atoms. The molecule has 11 heteroatoms. The largest absolute Gasteiger partial charge is 0.421 e. The Hall–Kier alpha value is -3.81. The lowest BCUT2D eigenvalue weighted by Crippen LogP contribution is -2.25. The summed E-state index contributed by atoms with van der Waals surface area (Å²) in [6.45, 7) is 0. The van der Waals surface area contributed by atoms with Crippen molar-refractivity contribution in [3.05, 3.63) is 76.4 Å². The van der Waals surface area contributed by atoms with Gasteiger partial charge in [-0.05, 0) is 18.2 Å². The van der Waals surface area contributed by atoms with Crippen molar-refractivity contribution in [2.24, 2.45) is 0 Å². The van der Waals surface area contributed by atoms with E-state index in [2.05, 4.69) is 0 Å². The molecule has 1 amide bonds. The third-order valence-corrected chi connectivity index (χ3v) is 4.08. The van der Waals surface area contributed by atoms with Crippen LogP contribution in [0.2, 0.25) is 0 Å². The van der Waals surface area contributed by atoms with Crippen LogP contribution in [-0.2, 0) is 21.9 Å². The van der Waals surface area contributed by atoms with Gasteiger partial charge in [0.25, 0.3) is 5.91 Å². The van der Waals surface area contributed by atoms with E-state index in [4.69, 9.17) is 4.74 Å². The van der Waals surface area contributed by atoms with E-state index in [9.17, 15) is 41.2 Å². The highest BCUT2D eigenvalue weighted by molar-refractivity contribution is 6.06. The van der Waals surface area contributed by atoms with E-state index in [1.54, 1.807) is 0 Å². The molecule has 2 aromatic carbocycles. The average molecular weight is 456 g/mol. The number of rotatable bonds is 4. The van der Waals surface area contributed by atoms with E-state index in [0.29, 0.717) is 12.1 Å². The highest BCUT2D eigenvalue weighted by Crippen LogP contribution is 2.38. The molecule has 0 aromatic heterocycles. The van der Waals surface area contributed by atoms with Crippen molar-refractivity contribution in [1.29, 1.82) is 5.26 Å². The van der Waals surface area contributed by atoms with Crippen LogP contribution in [0.25, 0.3) is 5.76 Å². The number of amides is 1. The van der Waals surface area contributed by atoms with Gasteiger partial charge in [-0.1, -0.05) is 30.3 Å². The van der Waals surface area contributed by atoms with Gasteiger partial charge in [-0.25, -0.2) is 4.79 Å². The number of ether oxygens (including phenoxy) is 1. The number of hydrogen-bond acceptors (Lipinski definition) is 4. The molecule has 5 nitrogen and oxygen atoms in total. The minimum absolute atomic E-state index is 0.583. The third-order valence-electron chi connectivity index (χ3n) is 4.08. The Morgan fingerprint density at radius 3 is 1.72 bits per heavy atom. The summed E-state index contributed by atoms with van der Waals surface area (Å²) in [6, 6.07) is 8.42. The number of esters is 1. The van der Waals surface area contributed by atoms with Crippen molar-refractivity contribution in [3.8, 4) is 6.07 Å². The predicted molar refractivity (Wildman–Crippen MR) is 99.5 cm³/mol. The quantitative estimate of drug-likeness (QED) is 0.216. The van der Waals surface area contributed by atoms with E-state index < -0.39 is 57.8 Å². The number of alkyl halides is 6. The molecule has 0 radical (unpaired) electrons. The van der Waals surface area contributed by atoms with Crippen LogP contribution in [0, 0.1) is 11.3 Å². The molecule has 0 saturated heterocycles. The number of carbonyl (C=O) groups excluding carboxylic acids is 2. The zero-order valence-electron chi connectivity index (χ0n) is 16.5. The van der Waals surface area contributed by atoms with E-state index in [1.165, 1.54) is 20.2 Å². The van der Waals surface area contributed by atoms with Crippen molar-refractivity contribution in [2.75, 3.05) is 14.1 Å². The predicted octanol–water partition coefficient (Wildman–Crippen LogP) is 4.90. The number of benzene rings is 2. The highest BCUT2D eigenvalue weighted by atomic mass is 19.4. The van der Waals surface area contributed by atoms with Gasteiger partial charge in [-0.15, -0.1) is 0 Å². The first-order chi connectivity index (χ1) is 14.8. The molecule has 0 saturated carbocycles. The number of hydrogen-bond donors (Lipinski definition) is 0. The van der Waals surface area contributed by atoms with Gasteiger partial charge in [-0.2, -0.15) is 31.6 Å². The summed E-state index contributed by atoms with van der Waals surface area (Å²) in [5.41, 5.74) is -5.61. The molecular formula is C21H14F6N2O3. The van der Waals surface area contributed by atoms with E-state index >= 15 is 0 Å². The summed E-state index contributed by atoms with van der Waals surface area (Å²) in [5.74, 6) is -3.92. The Morgan fingerprint density at radius 1 is 0.844 bits per heavy atom. The van der Waals surface area contributed by atoms with Crippen molar-refractivity contribution in [1.82, 2.24) is 4.90 Å². The Bertz CT molecular complexity index is 1110. The summed E-state index contributed by atoms with van der Waals surface area (Å²) in [5, 5.41) is 9.43. The van der Waals surface area contributed by atoms with E-state index in [0.717, 1.165) is 41.3 Å². The maximum Gasteiger partial charge on any atom is 0.417 e. The van der Waals surface area contributed by atoms with Crippen molar-refractivity contribution in [2.45, 2.75) is 12.4 Å². The summed E-state index contributed by atoms with van der Waals surface area (Å²) in [6.07, 6.45) is -9.96. The Morgan fingerprint density at radius 2 is 1.28 bits per heavy atom. The maximum absolute atomic E-state index is 13.5. The van der Waals surface area contributed by atoms with Gasteiger partial charge >= 0.3 is 18.3 Å². The van der Waals surface area contributed by atoms with Crippen LogP contribution in [0.1, 0.15) is 27.0 Å². The highest BCUT2D eigenvalue weighted by Gasteiger charge is 2.38. The number of carbonyl (C=O) groups is 2. The van der Waals surface area contributed by atoms with Gasteiger partial charge in [0.15, 0.2) is 11.3 Å². The molecule has 0 spiro atoms. The average Bonchev–Trinajstić information content (AvgIpc) is 2.72. The molecule has 2 rings (SSSR count). The molecule has 32 heavy (non-hydrogen) atoms. The molecule has 0 aliphatic rings. The molecule has 0 N–H and O–H groups in total. The van der Waals surface area contributed by atoms with Gasteiger partial charge in [0.2, 0.25) is 0 Å². The fourth-order valence-electron chi connectivity index (χ4n) is 2.64. The molecule has 0 fully saturated rings. The lowest BCUT2D eigenvalue weighted by molar-refractivity contribution is -0.138. The smallest absolute Gasteiger partial charge is 0.417 e. The molecule has 0 aliphatic carbocycles. The zero-order valence-corrected chi connectivity index (χ0v) is 16.5. The Balaban J connectivity index is 2.76. The van der Waals surface area contributed by atoms with Gasteiger partial charge < -0.3 is 9.64 Å². The second kappa shape index (κ2) is 9.13. The van der Waals surface area contributed by atoms with Crippen LogP contribution in [-0.4, -0.2) is 30.9 Å². The monoisotopic (exact) mass is 456 g/mol. The van der Waals surface area contributed by atoms with Gasteiger partial charge in [0.05, 0.1) is 16.7 Å². The fourth-order valence-corrected chi connectivity index (χ4v) is 2.64. The minimum atomic E-state index is -4.99. The Kier molecular flexibility index (Phi) is 6.98. The van der Waals surface area contributed by atoms with E-state index in [-0.39, 0.29) is 0 Å². The molecule has 2 aromatic rings. The molecule has 0 heterocycles. The first kappa shape index (κ1) is 24.5. The van der Waals surface area contributed by atoms with Crippen molar-refractivity contribution in [3.63, 3.8) is 0 Å². The summed E-state index contributed by atoms with van der Waals surface area (Å²) in [4.78, 5) is 25.8. The van der Waals surface area contributed by atoms with Crippen LogP contribution in [0.3, 0.4) is 0 Å². The molecular weight excluding hydrogens is 442 g/mol. The van der Waals surface area contributed by atoms with Crippen molar-refractivity contribution < 1.29 is 40.7 Å². The molecule has 0 aliphatic heterocycles. The van der Waals surface area contributed by atoms with Crippen LogP contribution in [0.15, 0.2) is 54.1 Å². The number of halogens is 6. The van der Waals surface area contributed by atoms with Gasteiger partial charge in [0.1, 0.15) is 6.07 Å². The van der Waals surface area contributed by atoms with Crippen LogP contribution in [0.5, 0.6) is 0 Å². The molecule has 0 atom stereocenters. The first-order valence-corrected chi connectivity index (χ1v) is 8.70. The van der Waals surface area contributed by atoms with Crippen molar-refractivity contribution >= 4 is 17.6 Å². The summed E-state index contributed by atoms with van der Waals surface area (Å²) >= 11 is 0. The topological polar surface area (TPSA) is 70.4 Å². The SMILES string of the molecule is CN(C)C(=O)/C(C#N)=C(\OC(=O)c1ccccc1C(F)(F)F)c1ccccc1C(F)(F)F. The van der Waals surface area contributed by atoms with Crippen LogP contribution < -0.4 is 0 Å². The maximum atomic E-state index is 13.5. The normalized spacial score (nSPS) is 12.5. The Labute approximate surface area is 178 Å². The molecule has 168 valence electrons. The second-order valence-electron chi connectivity index (χ2n) is 6.49. The van der Waals surface area contributed by atoms with E-state index in [1.807, 2.05) is 0 Å². The van der Waals surface area contributed by atoms with Gasteiger partial charge in [-0.3, -0.25) is 4.79 Å². The second-order valence-corrected chi connectivity index (χ2v) is 6.49. The third kappa shape index (κ3) is 5.26. The lowest BCUT2D eigenvalue weighted by Gasteiger charge is -2.19. The van der Waals surface area contributed by atoms with Crippen LogP contribution in [0.4, 0.5) is 26.3 Å². The minimum Gasteiger partial charge on any atom is -0.421 e. The number of nitriles is 1. The van der Waals surface area contributed by atoms with Crippen LogP contribution >= 0.6 is 0 Å². The first-order valence-electron chi connectivity index (χ1n) is 8.70. The molecule has 0 unspecified atom stereocenters. The lowest BCUT2D eigenvalue weighted by atomic mass is 10.0. The number of likely N-dealkylation sites (N-methyl/N-ethyl adjacent to an activating group) is 1. The standard InChI is InChI=1S/C21H14F6N2O3/c1-29(2)18(30)14(11-28)17(12-7-3-5-9-15(12)20(22,23)24)32-19(31)13-8-4-6-10-16(13)21(25,26)27/h3-10H,1-2H3/b17-14-. The fraction of sp³-hybridized carbons (Fsp3) is 0.190. The summed E-state index contributed by atoms with van der Waals surface area (Å²) in [7, 11) is 2.38. The summed E-state index contributed by atoms with van der Waals surface area (Å²) < 4.78 is 85.3. The number of nitrogens with zero attached hydrogens (tertiary/aromatic N) is 2. The zero-order chi connectivity index (χ0) is 24.3. The van der Waals surface area contributed by atoms with Gasteiger partial charge in [0, 0.05) is 19.7 Å².